The van der Waals surface area contributed by atoms with E-state index in [2.05, 4.69) is 5.32 Å². The average Bonchev–Trinajstić information content (AvgIpc) is 2.78. The number of hydrogen-bond acceptors (Lipinski definition) is 4. The first-order valence-corrected chi connectivity index (χ1v) is 9.74. The minimum Gasteiger partial charge on any atom is -0.489 e. The highest BCUT2D eigenvalue weighted by atomic mass is 35.5. The zero-order valence-electron chi connectivity index (χ0n) is 16.4. The van der Waals surface area contributed by atoms with Gasteiger partial charge in [-0.3, -0.25) is 4.79 Å². The minimum absolute atomic E-state index is 0.0254. The van der Waals surface area contributed by atoms with Crippen LogP contribution in [-0.4, -0.2) is 18.5 Å². The number of amides is 1. The highest BCUT2D eigenvalue weighted by Crippen LogP contribution is 2.16. The normalized spacial score (nSPS) is 10.6. The van der Waals surface area contributed by atoms with Gasteiger partial charge in [-0.05, 0) is 53.6 Å². The number of esters is 1. The van der Waals surface area contributed by atoms with E-state index in [1.807, 2.05) is 12.1 Å². The zero-order valence-corrected chi connectivity index (χ0v) is 17.1. The van der Waals surface area contributed by atoms with E-state index in [4.69, 9.17) is 21.1 Å². The summed E-state index contributed by atoms with van der Waals surface area (Å²) in [6, 6.07) is 20.2. The molecule has 3 aromatic carbocycles. The molecule has 3 rings (SSSR count). The number of para-hydroxylation sites is 1. The number of halogens is 2. The van der Waals surface area contributed by atoms with E-state index >= 15 is 0 Å². The van der Waals surface area contributed by atoms with Crippen LogP contribution in [-0.2, 0) is 20.9 Å². The quantitative estimate of drug-likeness (QED) is 0.384. The minimum atomic E-state index is -0.688. The highest BCUT2D eigenvalue weighted by Gasteiger charge is 2.08. The summed E-state index contributed by atoms with van der Waals surface area (Å²) in [6.45, 7) is -0.109. The number of hydrogen-bond donors (Lipinski definition) is 1. The lowest BCUT2D eigenvalue weighted by atomic mass is 10.2. The largest absolute Gasteiger partial charge is 0.489 e. The van der Waals surface area contributed by atoms with Gasteiger partial charge in [0.05, 0.1) is 5.69 Å². The van der Waals surface area contributed by atoms with Gasteiger partial charge >= 0.3 is 5.97 Å². The van der Waals surface area contributed by atoms with Gasteiger partial charge in [0.2, 0.25) is 0 Å². The molecule has 1 amide bonds. The van der Waals surface area contributed by atoms with Crippen LogP contribution < -0.4 is 10.1 Å². The Bertz CT molecular complexity index is 1070. The molecule has 5 nitrogen and oxygen atoms in total. The predicted octanol–water partition coefficient (Wildman–Crippen LogP) is 5.25. The van der Waals surface area contributed by atoms with Gasteiger partial charge in [0, 0.05) is 11.1 Å². The summed E-state index contributed by atoms with van der Waals surface area (Å²) >= 11 is 5.86. The van der Waals surface area contributed by atoms with E-state index in [0.717, 1.165) is 11.1 Å². The number of ether oxygens (including phenoxy) is 2. The Labute approximate surface area is 184 Å². The smallest absolute Gasteiger partial charge is 0.331 e. The molecule has 0 aromatic heterocycles. The van der Waals surface area contributed by atoms with E-state index in [9.17, 15) is 14.0 Å². The van der Waals surface area contributed by atoms with Crippen LogP contribution in [0, 0.1) is 5.82 Å². The summed E-state index contributed by atoms with van der Waals surface area (Å²) in [6.07, 6.45) is 2.76. The van der Waals surface area contributed by atoms with Crippen molar-refractivity contribution in [1.82, 2.24) is 0 Å². The summed E-state index contributed by atoms with van der Waals surface area (Å²) in [4.78, 5) is 23.6. The van der Waals surface area contributed by atoms with Gasteiger partial charge < -0.3 is 14.8 Å². The summed E-state index contributed by atoms with van der Waals surface area (Å²) in [7, 11) is 0. The average molecular weight is 440 g/mol. The number of rotatable bonds is 8. The molecule has 7 heteroatoms. The summed E-state index contributed by atoms with van der Waals surface area (Å²) in [5, 5.41) is 3.01. The lowest BCUT2D eigenvalue weighted by Gasteiger charge is -2.07. The molecule has 0 aliphatic heterocycles. The molecule has 0 atom stereocenters. The Morgan fingerprint density at radius 1 is 0.968 bits per heavy atom. The van der Waals surface area contributed by atoms with Gasteiger partial charge in [0.25, 0.3) is 5.91 Å². The van der Waals surface area contributed by atoms with Crippen molar-refractivity contribution in [2.75, 3.05) is 11.9 Å². The van der Waals surface area contributed by atoms with Crippen LogP contribution in [0.5, 0.6) is 5.75 Å². The van der Waals surface area contributed by atoms with Crippen molar-refractivity contribution >= 4 is 35.2 Å². The second-order valence-corrected chi connectivity index (χ2v) is 6.89. The van der Waals surface area contributed by atoms with Gasteiger partial charge in [-0.25, -0.2) is 9.18 Å². The standard InChI is InChI=1S/C24H19ClFNO4/c25-19-10-5-18(6-11-19)15-30-20-12-7-17(8-13-20)9-14-24(29)31-16-23(28)27-22-4-2-1-3-21(22)26/h1-14H,15-16H2,(H,27,28)/b14-9+. The first kappa shape index (κ1) is 22.1. The predicted molar refractivity (Wildman–Crippen MR) is 117 cm³/mol. The number of carbonyl (C=O) groups is 2. The maximum atomic E-state index is 13.5. The molecule has 1 N–H and O–H groups in total. The lowest BCUT2D eigenvalue weighted by molar-refractivity contribution is -0.142. The second-order valence-electron chi connectivity index (χ2n) is 6.45. The van der Waals surface area contributed by atoms with E-state index in [1.165, 1.54) is 24.3 Å². The molecule has 3 aromatic rings. The van der Waals surface area contributed by atoms with Crippen LogP contribution >= 0.6 is 11.6 Å². The molecule has 158 valence electrons. The van der Waals surface area contributed by atoms with E-state index < -0.39 is 24.3 Å². The topological polar surface area (TPSA) is 64.6 Å². The molecule has 0 spiro atoms. The summed E-state index contributed by atoms with van der Waals surface area (Å²) in [5.41, 5.74) is 1.78. The van der Waals surface area contributed by atoms with Crippen LogP contribution in [0.3, 0.4) is 0 Å². The molecule has 0 aliphatic carbocycles. The molecule has 0 heterocycles. The monoisotopic (exact) mass is 439 g/mol. The molecular formula is C24H19ClFNO4. The van der Waals surface area contributed by atoms with Gasteiger partial charge in [0.15, 0.2) is 6.61 Å². The fourth-order valence-corrected chi connectivity index (χ4v) is 2.65. The Morgan fingerprint density at radius 3 is 2.39 bits per heavy atom. The summed E-state index contributed by atoms with van der Waals surface area (Å²) in [5.74, 6) is -1.21. The van der Waals surface area contributed by atoms with Crippen LogP contribution in [0.1, 0.15) is 11.1 Å². The first-order valence-electron chi connectivity index (χ1n) is 9.36. The van der Waals surface area contributed by atoms with Crippen molar-refractivity contribution in [2.24, 2.45) is 0 Å². The van der Waals surface area contributed by atoms with Gasteiger partial charge in [-0.2, -0.15) is 0 Å². The van der Waals surface area contributed by atoms with Crippen LogP contribution in [0.4, 0.5) is 10.1 Å². The third-order valence-corrected chi connectivity index (χ3v) is 4.36. The van der Waals surface area contributed by atoms with Crippen molar-refractivity contribution in [1.29, 1.82) is 0 Å². The molecule has 0 saturated heterocycles. The van der Waals surface area contributed by atoms with Crippen LogP contribution in [0.15, 0.2) is 78.9 Å². The SMILES string of the molecule is O=C(COC(=O)/C=C/c1ccc(OCc2ccc(Cl)cc2)cc1)Nc1ccccc1F. The molecule has 0 aliphatic rings. The van der Waals surface area contributed by atoms with Crippen LogP contribution in [0.25, 0.3) is 6.08 Å². The second kappa shape index (κ2) is 10.9. The number of anilines is 1. The number of nitrogens with one attached hydrogen (secondary N) is 1. The van der Waals surface area contributed by atoms with Crippen molar-refractivity contribution in [3.8, 4) is 5.75 Å². The molecule has 31 heavy (non-hydrogen) atoms. The number of benzene rings is 3. The zero-order chi connectivity index (χ0) is 22.1. The molecular weight excluding hydrogens is 421 g/mol. The lowest BCUT2D eigenvalue weighted by Crippen LogP contribution is -2.20. The molecule has 0 radical (unpaired) electrons. The molecule has 0 unspecified atom stereocenters. The summed E-state index contributed by atoms with van der Waals surface area (Å²) < 4.78 is 24.1. The van der Waals surface area contributed by atoms with Crippen molar-refractivity contribution in [3.63, 3.8) is 0 Å². The van der Waals surface area contributed by atoms with Crippen molar-refractivity contribution < 1.29 is 23.5 Å². The maximum Gasteiger partial charge on any atom is 0.331 e. The van der Waals surface area contributed by atoms with Gasteiger partial charge in [-0.15, -0.1) is 0 Å². The Hall–Kier alpha value is -3.64. The Morgan fingerprint density at radius 2 is 1.68 bits per heavy atom. The molecule has 0 saturated carbocycles. The fourth-order valence-electron chi connectivity index (χ4n) is 2.52. The van der Waals surface area contributed by atoms with E-state index in [0.29, 0.717) is 17.4 Å². The Kier molecular flexibility index (Phi) is 7.79. The molecule has 0 bridgehead atoms. The number of carbonyl (C=O) groups excluding carboxylic acids is 2. The fraction of sp³-hybridized carbons (Fsp3) is 0.0833. The molecule has 0 fully saturated rings. The van der Waals surface area contributed by atoms with Crippen molar-refractivity contribution in [3.05, 3.63) is 101 Å². The third kappa shape index (κ3) is 7.28. The van der Waals surface area contributed by atoms with E-state index in [1.54, 1.807) is 48.5 Å². The van der Waals surface area contributed by atoms with E-state index in [-0.39, 0.29) is 5.69 Å². The van der Waals surface area contributed by atoms with Crippen molar-refractivity contribution in [2.45, 2.75) is 6.61 Å². The van der Waals surface area contributed by atoms with Gasteiger partial charge in [0.1, 0.15) is 18.2 Å². The van der Waals surface area contributed by atoms with Gasteiger partial charge in [-0.1, -0.05) is 48.0 Å². The maximum absolute atomic E-state index is 13.5. The highest BCUT2D eigenvalue weighted by molar-refractivity contribution is 6.30. The third-order valence-electron chi connectivity index (χ3n) is 4.10. The Balaban J connectivity index is 1.43. The van der Waals surface area contributed by atoms with Crippen LogP contribution in [0.2, 0.25) is 5.02 Å². The first-order chi connectivity index (χ1) is 15.0.